The van der Waals surface area contributed by atoms with E-state index >= 15 is 0 Å². The number of aromatic amines is 1. The molecule has 0 unspecified atom stereocenters. The summed E-state index contributed by atoms with van der Waals surface area (Å²) in [6, 6.07) is 1.98. The molecular weight excluding hydrogens is 334 g/mol. The van der Waals surface area contributed by atoms with E-state index in [1.807, 2.05) is 33.8 Å². The van der Waals surface area contributed by atoms with Gasteiger partial charge in [0.05, 0.1) is 5.69 Å². The summed E-state index contributed by atoms with van der Waals surface area (Å²) < 4.78 is 6.88. The zero-order valence-corrected chi connectivity index (χ0v) is 16.0. The molecule has 26 heavy (non-hydrogen) atoms. The number of H-pyrrole nitrogens is 1. The summed E-state index contributed by atoms with van der Waals surface area (Å²) in [7, 11) is 1.71. The number of nitrogens with zero attached hydrogens (tertiary/aromatic N) is 3. The molecule has 0 aliphatic carbocycles. The third-order valence-electron chi connectivity index (χ3n) is 4.44. The number of carbonyl (C=O) groups excluding carboxylic acids is 1. The van der Waals surface area contributed by atoms with Gasteiger partial charge < -0.3 is 19.9 Å². The summed E-state index contributed by atoms with van der Waals surface area (Å²) in [5, 5.41) is 2.96. The van der Waals surface area contributed by atoms with Crippen LogP contribution in [0.2, 0.25) is 0 Å². The highest BCUT2D eigenvalue weighted by Crippen LogP contribution is 2.27. The second-order valence-electron chi connectivity index (χ2n) is 7.90. The number of fused-ring (bicyclic) bond motifs is 1. The molecular formula is C18H27N5O3. The van der Waals surface area contributed by atoms with Crippen molar-refractivity contribution >= 4 is 22.9 Å². The number of pyridine rings is 1. The Morgan fingerprint density at radius 2 is 2.15 bits per heavy atom. The Bertz CT molecular complexity index is 877. The summed E-state index contributed by atoms with van der Waals surface area (Å²) in [6.45, 7) is 8.99. The highest BCUT2D eigenvalue weighted by Gasteiger charge is 2.26. The number of hydrogen-bond donors (Lipinski definition) is 2. The molecule has 142 valence electrons. The molecule has 8 nitrogen and oxygen atoms in total. The minimum absolute atomic E-state index is 0.00226. The largest absolute Gasteiger partial charge is 0.444 e. The normalized spacial score (nSPS) is 18.2. The van der Waals surface area contributed by atoms with E-state index in [0.717, 1.165) is 36.3 Å². The molecule has 1 aliphatic rings. The Labute approximate surface area is 152 Å². The van der Waals surface area contributed by atoms with Gasteiger partial charge in [0.1, 0.15) is 11.1 Å². The first-order valence-corrected chi connectivity index (χ1v) is 8.95. The summed E-state index contributed by atoms with van der Waals surface area (Å²) in [4.78, 5) is 33.6. The molecule has 2 aromatic heterocycles. The lowest BCUT2D eigenvalue weighted by Crippen LogP contribution is -2.49. The van der Waals surface area contributed by atoms with Crippen molar-refractivity contribution in [1.29, 1.82) is 0 Å². The van der Waals surface area contributed by atoms with Crippen LogP contribution in [0.1, 0.15) is 39.3 Å². The average Bonchev–Trinajstić information content (AvgIpc) is 2.80. The minimum atomic E-state index is -0.518. The van der Waals surface area contributed by atoms with Crippen LogP contribution in [0.4, 0.5) is 10.5 Å². The number of alkyl carbamates (subject to hydrolysis) is 1. The van der Waals surface area contributed by atoms with Crippen LogP contribution in [-0.4, -0.2) is 45.4 Å². The second-order valence-corrected chi connectivity index (χ2v) is 7.90. The Hall–Kier alpha value is -2.51. The van der Waals surface area contributed by atoms with E-state index in [1.54, 1.807) is 7.05 Å². The molecule has 3 rings (SSSR count). The van der Waals surface area contributed by atoms with Gasteiger partial charge in [-0.2, -0.15) is 0 Å². The van der Waals surface area contributed by atoms with E-state index in [2.05, 4.69) is 20.2 Å². The van der Waals surface area contributed by atoms with Crippen LogP contribution in [0.15, 0.2) is 10.9 Å². The fourth-order valence-electron chi connectivity index (χ4n) is 3.33. The second kappa shape index (κ2) is 6.66. The van der Waals surface area contributed by atoms with Gasteiger partial charge in [0.2, 0.25) is 0 Å². The van der Waals surface area contributed by atoms with E-state index in [9.17, 15) is 9.59 Å². The first kappa shape index (κ1) is 18.3. The number of imidazole rings is 1. The van der Waals surface area contributed by atoms with Crippen LogP contribution in [0, 0.1) is 6.92 Å². The molecule has 0 aromatic carbocycles. The Morgan fingerprint density at radius 1 is 1.42 bits per heavy atom. The highest BCUT2D eigenvalue weighted by atomic mass is 16.6. The lowest BCUT2D eigenvalue weighted by molar-refractivity contribution is 0.0500. The highest BCUT2D eigenvalue weighted by molar-refractivity contribution is 5.86. The maximum Gasteiger partial charge on any atom is 0.407 e. The molecule has 2 aromatic rings. The zero-order chi connectivity index (χ0) is 19.1. The van der Waals surface area contributed by atoms with Crippen molar-refractivity contribution < 1.29 is 9.53 Å². The number of aromatic nitrogens is 3. The van der Waals surface area contributed by atoms with Crippen LogP contribution in [0.25, 0.3) is 11.2 Å². The van der Waals surface area contributed by atoms with Crippen molar-refractivity contribution in [1.82, 2.24) is 19.9 Å². The summed E-state index contributed by atoms with van der Waals surface area (Å²) in [5.41, 5.74) is 2.48. The summed E-state index contributed by atoms with van der Waals surface area (Å²) in [5.74, 6) is 0. The van der Waals surface area contributed by atoms with Crippen molar-refractivity contribution in [2.45, 2.75) is 52.2 Å². The van der Waals surface area contributed by atoms with Crippen molar-refractivity contribution in [3.8, 4) is 0 Å². The number of anilines is 1. The SMILES string of the molecule is Cc1cc(N2CCC[C@@H](NC(=O)OC(C)(C)C)C2)c2[nH]c(=O)n(C)c2n1. The Kier molecular flexibility index (Phi) is 4.68. The minimum Gasteiger partial charge on any atom is -0.444 e. The van der Waals surface area contributed by atoms with Gasteiger partial charge in [-0.05, 0) is 46.6 Å². The van der Waals surface area contributed by atoms with E-state index in [4.69, 9.17) is 4.74 Å². The van der Waals surface area contributed by atoms with Crippen LogP contribution >= 0.6 is 0 Å². The fourth-order valence-corrected chi connectivity index (χ4v) is 3.33. The Morgan fingerprint density at radius 3 is 2.85 bits per heavy atom. The van der Waals surface area contributed by atoms with Crippen LogP contribution in [-0.2, 0) is 11.8 Å². The summed E-state index contributed by atoms with van der Waals surface area (Å²) in [6.07, 6.45) is 1.45. The molecule has 3 heterocycles. The fraction of sp³-hybridized carbons (Fsp3) is 0.611. The smallest absolute Gasteiger partial charge is 0.407 e. The molecule has 2 N–H and O–H groups in total. The van der Waals surface area contributed by atoms with Gasteiger partial charge in [-0.1, -0.05) is 0 Å². The van der Waals surface area contributed by atoms with Crippen LogP contribution in [0.3, 0.4) is 0 Å². The third kappa shape index (κ3) is 3.84. The van der Waals surface area contributed by atoms with Gasteiger partial charge in [0, 0.05) is 31.9 Å². The number of ether oxygens (including phenoxy) is 1. The van der Waals surface area contributed by atoms with Gasteiger partial charge in [-0.3, -0.25) is 4.57 Å². The number of carbonyl (C=O) groups is 1. The number of hydrogen-bond acceptors (Lipinski definition) is 5. The standard InChI is InChI=1S/C18H27N5O3/c1-11-9-13(14-15(19-11)22(5)16(24)21-14)23-8-6-7-12(10-23)20-17(25)26-18(2,3)4/h9,12H,6-8,10H2,1-5H3,(H,20,25)(H,21,24)/t12-/m1/s1. The van der Waals surface area contributed by atoms with Gasteiger partial charge in [-0.25, -0.2) is 14.6 Å². The zero-order valence-electron chi connectivity index (χ0n) is 16.0. The van der Waals surface area contributed by atoms with Gasteiger partial charge in [-0.15, -0.1) is 0 Å². The Balaban J connectivity index is 1.82. The molecule has 0 bridgehead atoms. The predicted octanol–water partition coefficient (Wildman–Crippen LogP) is 2.06. The van der Waals surface area contributed by atoms with Gasteiger partial charge >= 0.3 is 11.8 Å². The van der Waals surface area contributed by atoms with E-state index < -0.39 is 11.7 Å². The topological polar surface area (TPSA) is 92.3 Å². The van der Waals surface area contributed by atoms with Crippen molar-refractivity contribution in [3.63, 3.8) is 0 Å². The van der Waals surface area contributed by atoms with Gasteiger partial charge in [0.15, 0.2) is 5.65 Å². The lowest BCUT2D eigenvalue weighted by Gasteiger charge is -2.35. The van der Waals surface area contributed by atoms with Crippen molar-refractivity contribution in [2.75, 3.05) is 18.0 Å². The summed E-state index contributed by atoms with van der Waals surface area (Å²) >= 11 is 0. The first-order chi connectivity index (χ1) is 12.1. The number of nitrogens with one attached hydrogen (secondary N) is 2. The van der Waals surface area contributed by atoms with Crippen molar-refractivity contribution in [2.24, 2.45) is 7.05 Å². The molecule has 1 atom stereocenters. The van der Waals surface area contributed by atoms with Crippen LogP contribution in [0.5, 0.6) is 0 Å². The predicted molar refractivity (Wildman–Crippen MR) is 101 cm³/mol. The quantitative estimate of drug-likeness (QED) is 0.854. The molecule has 8 heteroatoms. The maximum absolute atomic E-state index is 12.1. The van der Waals surface area contributed by atoms with E-state index in [-0.39, 0.29) is 11.7 Å². The molecule has 1 fully saturated rings. The molecule has 0 saturated carbocycles. The molecule has 1 saturated heterocycles. The molecule has 0 radical (unpaired) electrons. The third-order valence-corrected chi connectivity index (χ3v) is 4.44. The molecule has 1 amide bonds. The van der Waals surface area contributed by atoms with Crippen LogP contribution < -0.4 is 15.9 Å². The molecule has 1 aliphatic heterocycles. The molecule has 0 spiro atoms. The van der Waals surface area contributed by atoms with E-state index in [1.165, 1.54) is 4.57 Å². The first-order valence-electron chi connectivity index (χ1n) is 8.95. The number of aryl methyl sites for hydroxylation is 2. The van der Waals surface area contributed by atoms with Gasteiger partial charge in [0.25, 0.3) is 0 Å². The number of amides is 1. The van der Waals surface area contributed by atoms with E-state index in [0.29, 0.717) is 12.2 Å². The lowest BCUT2D eigenvalue weighted by atomic mass is 10.0. The number of piperidine rings is 1. The average molecular weight is 361 g/mol. The number of rotatable bonds is 2. The van der Waals surface area contributed by atoms with Crippen molar-refractivity contribution in [3.05, 3.63) is 22.2 Å². The monoisotopic (exact) mass is 361 g/mol. The maximum atomic E-state index is 12.1.